The highest BCUT2D eigenvalue weighted by Crippen LogP contribution is 2.54. The molecule has 1 aliphatic heterocycles. The minimum absolute atomic E-state index is 0.190. The molecule has 0 saturated carbocycles. The summed E-state index contributed by atoms with van der Waals surface area (Å²) in [6.07, 6.45) is 12.7. The van der Waals surface area contributed by atoms with Crippen molar-refractivity contribution in [2.24, 2.45) is 0 Å². The highest BCUT2D eigenvalue weighted by molar-refractivity contribution is 9.11. The third-order valence-corrected chi connectivity index (χ3v) is 12.0. The van der Waals surface area contributed by atoms with E-state index in [4.69, 9.17) is 46.4 Å². The van der Waals surface area contributed by atoms with Crippen molar-refractivity contribution in [2.45, 2.75) is 96.9 Å². The van der Waals surface area contributed by atoms with E-state index in [-0.39, 0.29) is 17.9 Å². The van der Waals surface area contributed by atoms with E-state index in [1.165, 1.54) is 30.6 Å². The largest absolute Gasteiger partial charge is 0.271 e. The number of unbranched alkanes of at least 4 members (excludes halogenated alkanes) is 8. The van der Waals surface area contributed by atoms with Gasteiger partial charge in [0.25, 0.3) is 11.8 Å². The number of carbonyl (C=O) groups is 2. The molecule has 0 N–H and O–H groups in total. The molecule has 1 aliphatic rings. The summed E-state index contributed by atoms with van der Waals surface area (Å²) in [6.45, 7) is 4.40. The molecule has 0 aliphatic carbocycles. The molecule has 0 spiro atoms. The van der Waals surface area contributed by atoms with Gasteiger partial charge in [-0.25, -0.2) is 0 Å². The minimum Gasteiger partial charge on any atom is -0.271 e. The van der Waals surface area contributed by atoms with Crippen LogP contribution >= 0.6 is 78.3 Å². The minimum atomic E-state index is -0.300. The van der Waals surface area contributed by atoms with Crippen LogP contribution < -0.4 is 0 Å². The second kappa shape index (κ2) is 14.3. The van der Waals surface area contributed by atoms with Gasteiger partial charge in [0.15, 0.2) is 0 Å². The van der Waals surface area contributed by atoms with Crippen LogP contribution in [-0.2, 0) is 0 Å². The van der Waals surface area contributed by atoms with Gasteiger partial charge in [-0.1, -0.05) is 156 Å². The number of rotatable bonds is 13. The molecule has 9 heteroatoms. The molecule has 0 bridgehead atoms. The Hall–Kier alpha value is -1.34. The zero-order chi connectivity index (χ0) is 32.9. The highest BCUT2D eigenvalue weighted by atomic mass is 79.9. The number of fused-ring (bicyclic) bond motifs is 2. The number of amides is 2. The number of nitrogens with zero attached hydrogens (tertiary/aromatic N) is 1. The van der Waals surface area contributed by atoms with Crippen LogP contribution in [0, 0.1) is 0 Å². The van der Waals surface area contributed by atoms with Crippen LogP contribution in [0.5, 0.6) is 0 Å². The SMILES string of the molecule is CCCCCCCC(CCCCCCC)N1C(=O)c2cc(Cl)c3c4c(Cl)cc(Br)c5c(Br)cc(Cl)c(c6c(Cl)cc(c2c36)C1=O)c54. The zero-order valence-electron chi connectivity index (χ0n) is 25.9. The molecule has 242 valence electrons. The predicted molar refractivity (Wildman–Crippen MR) is 204 cm³/mol. The lowest BCUT2D eigenvalue weighted by atomic mass is 9.84. The summed E-state index contributed by atoms with van der Waals surface area (Å²) in [5.74, 6) is -0.600. The van der Waals surface area contributed by atoms with Gasteiger partial charge >= 0.3 is 0 Å². The first-order valence-electron chi connectivity index (χ1n) is 16.3. The Balaban J connectivity index is 1.56. The van der Waals surface area contributed by atoms with E-state index in [9.17, 15) is 9.59 Å². The molecule has 6 rings (SSSR count). The molecule has 0 aromatic heterocycles. The first-order chi connectivity index (χ1) is 22.1. The lowest BCUT2D eigenvalue weighted by Crippen LogP contribution is -2.47. The van der Waals surface area contributed by atoms with Gasteiger partial charge in [-0.3, -0.25) is 14.5 Å². The third-order valence-electron chi connectivity index (χ3n) is 9.57. The highest BCUT2D eigenvalue weighted by Gasteiger charge is 2.39. The summed E-state index contributed by atoms with van der Waals surface area (Å²) in [7, 11) is 0. The average molecular weight is 827 g/mol. The molecule has 0 saturated heterocycles. The Morgan fingerprint density at radius 2 is 0.891 bits per heavy atom. The molecule has 46 heavy (non-hydrogen) atoms. The van der Waals surface area contributed by atoms with Gasteiger partial charge in [0, 0.05) is 68.1 Å². The van der Waals surface area contributed by atoms with Crippen LogP contribution in [0.3, 0.4) is 0 Å². The lowest BCUT2D eigenvalue weighted by Gasteiger charge is -2.35. The number of imide groups is 1. The van der Waals surface area contributed by atoms with Crippen molar-refractivity contribution in [2.75, 3.05) is 0 Å². The van der Waals surface area contributed by atoms with Gasteiger partial charge in [-0.05, 0) is 37.1 Å². The molecule has 0 atom stereocenters. The third kappa shape index (κ3) is 5.83. The number of carbonyl (C=O) groups excluding carboxylic acids is 2. The summed E-state index contributed by atoms with van der Waals surface area (Å²) in [4.78, 5) is 30.5. The Labute approximate surface area is 306 Å². The summed E-state index contributed by atoms with van der Waals surface area (Å²) in [6, 6.07) is 6.92. The van der Waals surface area contributed by atoms with E-state index in [2.05, 4.69) is 45.7 Å². The summed E-state index contributed by atoms with van der Waals surface area (Å²) >= 11 is 35.6. The number of hydrogen-bond donors (Lipinski definition) is 0. The monoisotopic (exact) mass is 823 g/mol. The maximum absolute atomic E-state index is 14.5. The average Bonchev–Trinajstić information content (AvgIpc) is 3.01. The summed E-state index contributed by atoms with van der Waals surface area (Å²) in [5, 5.41) is 7.30. The smallest absolute Gasteiger partial charge is 0.261 e. The van der Waals surface area contributed by atoms with Crippen molar-refractivity contribution in [3.63, 3.8) is 0 Å². The Bertz CT molecular complexity index is 1880. The van der Waals surface area contributed by atoms with E-state index < -0.39 is 0 Å². The molecule has 2 amide bonds. The molecule has 0 radical (unpaired) electrons. The molecular formula is C37H35Br2Cl4NO2. The molecule has 1 heterocycles. The molecule has 5 aromatic carbocycles. The topological polar surface area (TPSA) is 37.4 Å². The first kappa shape index (κ1) is 34.5. The molecular weight excluding hydrogens is 792 g/mol. The summed E-state index contributed by atoms with van der Waals surface area (Å²) < 4.78 is 1.58. The number of hydrogen-bond acceptors (Lipinski definition) is 2. The van der Waals surface area contributed by atoms with E-state index in [1.54, 1.807) is 12.1 Å². The van der Waals surface area contributed by atoms with Crippen molar-refractivity contribution in [1.82, 2.24) is 4.90 Å². The van der Waals surface area contributed by atoms with E-state index in [0.29, 0.717) is 63.5 Å². The first-order valence-corrected chi connectivity index (χ1v) is 19.4. The van der Waals surface area contributed by atoms with Crippen LogP contribution in [0.4, 0.5) is 0 Å². The van der Waals surface area contributed by atoms with Crippen LogP contribution in [0.25, 0.3) is 43.1 Å². The van der Waals surface area contributed by atoms with Crippen molar-refractivity contribution >= 4 is 133 Å². The number of benzene rings is 5. The molecule has 5 aromatic rings. The van der Waals surface area contributed by atoms with E-state index >= 15 is 0 Å². The summed E-state index contributed by atoms with van der Waals surface area (Å²) in [5.41, 5.74) is 0.832. The van der Waals surface area contributed by atoms with Crippen molar-refractivity contribution in [1.29, 1.82) is 0 Å². The predicted octanol–water partition coefficient (Wildman–Crippen LogP) is 14.6. The van der Waals surface area contributed by atoms with Gasteiger partial charge in [0.05, 0.1) is 21.2 Å². The van der Waals surface area contributed by atoms with E-state index in [0.717, 1.165) is 71.1 Å². The second-order valence-electron chi connectivity index (χ2n) is 12.5. The van der Waals surface area contributed by atoms with E-state index in [1.807, 2.05) is 12.1 Å². The van der Waals surface area contributed by atoms with Gasteiger partial charge in [0.2, 0.25) is 0 Å². The molecule has 3 nitrogen and oxygen atoms in total. The van der Waals surface area contributed by atoms with Crippen molar-refractivity contribution in [3.8, 4) is 0 Å². The van der Waals surface area contributed by atoms with Crippen molar-refractivity contribution < 1.29 is 9.59 Å². The quantitative estimate of drug-likeness (QED) is 0.0513. The Morgan fingerprint density at radius 3 is 1.30 bits per heavy atom. The van der Waals surface area contributed by atoms with Gasteiger partial charge in [-0.15, -0.1) is 0 Å². The van der Waals surface area contributed by atoms with Crippen LogP contribution in [-0.4, -0.2) is 22.8 Å². The molecule has 0 unspecified atom stereocenters. The Kier molecular flexibility index (Phi) is 10.7. The van der Waals surface area contributed by atoms with Crippen LogP contribution in [0.1, 0.15) is 112 Å². The van der Waals surface area contributed by atoms with Crippen molar-refractivity contribution in [3.05, 3.63) is 64.4 Å². The van der Waals surface area contributed by atoms with Gasteiger partial charge < -0.3 is 0 Å². The Morgan fingerprint density at radius 1 is 0.522 bits per heavy atom. The maximum atomic E-state index is 14.5. The van der Waals surface area contributed by atoms with Crippen LogP contribution in [0.2, 0.25) is 20.1 Å². The standard InChI is InChI=1S/C37H35Br2Cl4NO2/c1-3-5-7-9-11-13-19(14-12-10-8-6-4-2)44-36(45)20-15-24(40)30-32-26(42)17-22(38)29-23(39)18-27(43)33(35(29)32)31-25(41)16-21(37(44)46)28(20)34(30)31/h15-19H,3-14H2,1-2H3. The number of halogens is 6. The fourth-order valence-electron chi connectivity index (χ4n) is 7.42. The zero-order valence-corrected chi connectivity index (χ0v) is 32.1. The van der Waals surface area contributed by atoms with Crippen LogP contribution in [0.15, 0.2) is 33.2 Å². The lowest BCUT2D eigenvalue weighted by molar-refractivity contribution is 0.0517. The van der Waals surface area contributed by atoms with Gasteiger partial charge in [0.1, 0.15) is 0 Å². The molecule has 0 fully saturated rings. The fourth-order valence-corrected chi connectivity index (χ4v) is 10.4. The van der Waals surface area contributed by atoms with Gasteiger partial charge in [-0.2, -0.15) is 0 Å². The second-order valence-corrected chi connectivity index (χ2v) is 15.9. The normalized spacial score (nSPS) is 13.6. The maximum Gasteiger partial charge on any atom is 0.261 e. The fraction of sp³-hybridized carbons (Fsp3) is 0.405.